The Balaban J connectivity index is 1.28. The summed E-state index contributed by atoms with van der Waals surface area (Å²) in [6.45, 7) is 7.51. The molecule has 1 aromatic carbocycles. The number of aliphatic hydroxyl groups is 1. The number of aliphatic hydroxyl groups excluding tert-OH is 1. The van der Waals surface area contributed by atoms with Crippen LogP contribution in [0, 0.1) is 12.8 Å². The van der Waals surface area contributed by atoms with Crippen molar-refractivity contribution >= 4 is 0 Å². The molecule has 5 heteroatoms. The van der Waals surface area contributed by atoms with Crippen LogP contribution in [-0.4, -0.2) is 63.0 Å². The number of nitrogens with zero attached hydrogens (tertiary/aromatic N) is 4. The SMILES string of the molecule is Cc1nn(CCO)cc1CN1C[C@H]2CC[C@@H]1CN(C1Cc3ccccc3C1)C2. The van der Waals surface area contributed by atoms with Crippen molar-refractivity contribution in [3.8, 4) is 0 Å². The van der Waals surface area contributed by atoms with Gasteiger partial charge in [-0.05, 0) is 49.7 Å². The highest BCUT2D eigenvalue weighted by Crippen LogP contribution is 2.33. The Morgan fingerprint density at radius 1 is 1.04 bits per heavy atom. The Kier molecular flexibility index (Phi) is 4.99. The molecule has 1 aliphatic carbocycles. The maximum Gasteiger partial charge on any atom is 0.0641 e. The van der Waals surface area contributed by atoms with Crippen LogP contribution < -0.4 is 0 Å². The fourth-order valence-electron chi connectivity index (χ4n) is 5.65. The van der Waals surface area contributed by atoms with E-state index in [1.54, 1.807) is 11.1 Å². The third-order valence-corrected chi connectivity index (χ3v) is 7.15. The molecule has 2 atom stereocenters. The summed E-state index contributed by atoms with van der Waals surface area (Å²) in [6.07, 6.45) is 7.28. The van der Waals surface area contributed by atoms with E-state index in [-0.39, 0.29) is 6.61 Å². The molecule has 1 aromatic heterocycles. The van der Waals surface area contributed by atoms with Crippen molar-refractivity contribution in [1.82, 2.24) is 19.6 Å². The van der Waals surface area contributed by atoms with Gasteiger partial charge in [-0.2, -0.15) is 5.10 Å². The molecule has 28 heavy (non-hydrogen) atoms. The Labute approximate surface area is 168 Å². The average molecular weight is 381 g/mol. The van der Waals surface area contributed by atoms with Gasteiger partial charge in [-0.1, -0.05) is 24.3 Å². The third kappa shape index (κ3) is 3.51. The van der Waals surface area contributed by atoms with E-state index in [1.807, 2.05) is 4.68 Å². The summed E-state index contributed by atoms with van der Waals surface area (Å²) >= 11 is 0. The molecule has 6 rings (SSSR count). The fraction of sp³-hybridized carbons (Fsp3) is 0.609. The standard InChI is InChI=1S/C23H32N4O/c1-17-21(15-27(24-17)8-9-28)14-25-12-18-6-7-22(25)16-26(13-18)23-10-19-4-2-3-5-20(19)11-23/h2-5,15,18,22-23,28H,6-14,16H2,1H3/t18-,22-/m1/s1. The van der Waals surface area contributed by atoms with E-state index >= 15 is 0 Å². The van der Waals surface area contributed by atoms with Gasteiger partial charge < -0.3 is 5.11 Å². The van der Waals surface area contributed by atoms with Gasteiger partial charge in [-0.15, -0.1) is 0 Å². The molecule has 0 amide bonds. The number of aryl methyl sites for hydroxylation is 1. The summed E-state index contributed by atoms with van der Waals surface area (Å²) in [7, 11) is 0. The number of hydrogen-bond acceptors (Lipinski definition) is 4. The number of piperidine rings is 1. The predicted octanol–water partition coefficient (Wildman–Crippen LogP) is 2.25. The first-order valence-corrected chi connectivity index (χ1v) is 10.9. The van der Waals surface area contributed by atoms with Gasteiger partial charge in [-0.3, -0.25) is 14.5 Å². The third-order valence-electron chi connectivity index (χ3n) is 7.15. The topological polar surface area (TPSA) is 44.5 Å². The van der Waals surface area contributed by atoms with E-state index in [0.29, 0.717) is 18.6 Å². The molecule has 3 aliphatic heterocycles. The minimum absolute atomic E-state index is 0.147. The first kappa shape index (κ1) is 18.3. The van der Waals surface area contributed by atoms with E-state index in [9.17, 15) is 5.11 Å². The first-order chi connectivity index (χ1) is 13.7. The molecule has 150 valence electrons. The second-order valence-electron chi connectivity index (χ2n) is 9.04. The zero-order valence-electron chi connectivity index (χ0n) is 16.9. The van der Waals surface area contributed by atoms with Crippen molar-refractivity contribution in [3.05, 3.63) is 52.8 Å². The highest BCUT2D eigenvalue weighted by atomic mass is 16.3. The molecule has 0 unspecified atom stereocenters. The van der Waals surface area contributed by atoms with Gasteiger partial charge in [0.05, 0.1) is 18.8 Å². The van der Waals surface area contributed by atoms with Gasteiger partial charge in [0, 0.05) is 50.0 Å². The van der Waals surface area contributed by atoms with Gasteiger partial charge in [0.2, 0.25) is 0 Å². The lowest BCUT2D eigenvalue weighted by Crippen LogP contribution is -2.44. The molecule has 0 spiro atoms. The van der Waals surface area contributed by atoms with E-state index in [2.05, 4.69) is 52.3 Å². The molecule has 1 N–H and O–H groups in total. The quantitative estimate of drug-likeness (QED) is 0.864. The molecular weight excluding hydrogens is 348 g/mol. The lowest BCUT2D eigenvalue weighted by Gasteiger charge is -2.36. The second-order valence-corrected chi connectivity index (χ2v) is 9.04. The molecule has 2 aromatic rings. The summed E-state index contributed by atoms with van der Waals surface area (Å²) in [4.78, 5) is 5.52. The molecule has 0 saturated carbocycles. The predicted molar refractivity (Wildman–Crippen MR) is 110 cm³/mol. The second kappa shape index (κ2) is 7.62. The van der Waals surface area contributed by atoms with Crippen LogP contribution in [-0.2, 0) is 25.9 Å². The van der Waals surface area contributed by atoms with Crippen molar-refractivity contribution in [2.75, 3.05) is 26.2 Å². The number of hydrogen-bond donors (Lipinski definition) is 1. The average Bonchev–Trinajstić information content (AvgIpc) is 3.14. The highest BCUT2D eigenvalue weighted by molar-refractivity contribution is 5.33. The van der Waals surface area contributed by atoms with E-state index in [1.165, 1.54) is 50.9 Å². The van der Waals surface area contributed by atoms with E-state index in [4.69, 9.17) is 0 Å². The molecule has 4 aliphatic rings. The Morgan fingerprint density at radius 3 is 2.57 bits per heavy atom. The summed E-state index contributed by atoms with van der Waals surface area (Å²) in [5, 5.41) is 13.8. The van der Waals surface area contributed by atoms with Crippen LogP contribution in [0.5, 0.6) is 0 Å². The highest BCUT2D eigenvalue weighted by Gasteiger charge is 2.38. The van der Waals surface area contributed by atoms with Gasteiger partial charge >= 0.3 is 0 Å². The van der Waals surface area contributed by atoms with Crippen molar-refractivity contribution in [2.45, 2.75) is 57.8 Å². The van der Waals surface area contributed by atoms with Crippen LogP contribution in [0.4, 0.5) is 0 Å². The first-order valence-electron chi connectivity index (χ1n) is 10.9. The number of aromatic nitrogens is 2. The normalized spacial score (nSPS) is 25.9. The minimum atomic E-state index is 0.147. The molecule has 3 fully saturated rings. The Hall–Kier alpha value is -1.69. The monoisotopic (exact) mass is 380 g/mol. The smallest absolute Gasteiger partial charge is 0.0641 e. The van der Waals surface area contributed by atoms with Crippen LogP contribution in [0.15, 0.2) is 30.5 Å². The lowest BCUT2D eigenvalue weighted by atomic mass is 9.94. The number of fused-ring (bicyclic) bond motifs is 5. The van der Waals surface area contributed by atoms with Gasteiger partial charge in [-0.25, -0.2) is 0 Å². The van der Waals surface area contributed by atoms with Crippen LogP contribution in [0.25, 0.3) is 0 Å². The van der Waals surface area contributed by atoms with Gasteiger partial charge in [0.1, 0.15) is 0 Å². The molecular formula is C23H32N4O. The van der Waals surface area contributed by atoms with Crippen molar-refractivity contribution in [2.24, 2.45) is 5.92 Å². The van der Waals surface area contributed by atoms with Crippen molar-refractivity contribution in [1.29, 1.82) is 0 Å². The Bertz CT molecular complexity index is 807. The zero-order chi connectivity index (χ0) is 19.1. The maximum absolute atomic E-state index is 9.19. The fourth-order valence-corrected chi connectivity index (χ4v) is 5.65. The minimum Gasteiger partial charge on any atom is -0.394 e. The largest absolute Gasteiger partial charge is 0.394 e. The Morgan fingerprint density at radius 2 is 1.82 bits per heavy atom. The van der Waals surface area contributed by atoms with E-state index < -0.39 is 0 Å². The summed E-state index contributed by atoms with van der Waals surface area (Å²) in [5.41, 5.74) is 5.55. The van der Waals surface area contributed by atoms with E-state index in [0.717, 1.165) is 18.2 Å². The molecule has 5 nitrogen and oxygen atoms in total. The molecule has 0 radical (unpaired) electrons. The summed E-state index contributed by atoms with van der Waals surface area (Å²) in [6, 6.07) is 10.4. The molecule has 3 saturated heterocycles. The number of rotatable bonds is 5. The molecule has 4 heterocycles. The van der Waals surface area contributed by atoms with Crippen LogP contribution in [0.1, 0.15) is 35.2 Å². The van der Waals surface area contributed by atoms with Crippen LogP contribution in [0.2, 0.25) is 0 Å². The lowest BCUT2D eigenvalue weighted by molar-refractivity contribution is 0.120. The van der Waals surface area contributed by atoms with Crippen molar-refractivity contribution in [3.63, 3.8) is 0 Å². The van der Waals surface area contributed by atoms with Crippen LogP contribution in [0.3, 0.4) is 0 Å². The van der Waals surface area contributed by atoms with Crippen LogP contribution >= 0.6 is 0 Å². The van der Waals surface area contributed by atoms with Gasteiger partial charge in [0.15, 0.2) is 0 Å². The molecule has 2 bridgehead atoms. The zero-order valence-corrected chi connectivity index (χ0v) is 16.9. The van der Waals surface area contributed by atoms with Gasteiger partial charge in [0.25, 0.3) is 0 Å². The summed E-state index contributed by atoms with van der Waals surface area (Å²) in [5.74, 6) is 0.787. The summed E-state index contributed by atoms with van der Waals surface area (Å²) < 4.78 is 1.89. The maximum atomic E-state index is 9.19. The van der Waals surface area contributed by atoms with Crippen molar-refractivity contribution < 1.29 is 5.11 Å². The number of benzene rings is 1.